The highest BCUT2D eigenvalue weighted by Gasteiger charge is 2.18. The molecule has 1 atom stereocenters. The van der Waals surface area contributed by atoms with Gasteiger partial charge in [0.05, 0.1) is 0 Å². The molecule has 3 rings (SSSR count). The second-order valence-corrected chi connectivity index (χ2v) is 4.79. The third-order valence-electron chi connectivity index (χ3n) is 3.38. The van der Waals surface area contributed by atoms with Crippen LogP contribution in [0.2, 0.25) is 0 Å². The fourth-order valence-electron chi connectivity index (χ4n) is 2.41. The van der Waals surface area contributed by atoms with Gasteiger partial charge in [0.1, 0.15) is 25.1 Å². The van der Waals surface area contributed by atoms with Crippen LogP contribution in [-0.4, -0.2) is 19.8 Å². The lowest BCUT2D eigenvalue weighted by Crippen LogP contribution is -2.16. The number of hydrogen-bond donors (Lipinski definition) is 0. The topological polar surface area (TPSA) is 27.7 Å². The fourth-order valence-corrected chi connectivity index (χ4v) is 2.41. The highest BCUT2D eigenvalue weighted by atomic mass is 19.1. The third kappa shape index (κ3) is 3.00. The summed E-state index contributed by atoms with van der Waals surface area (Å²) in [4.78, 5) is 0. The Morgan fingerprint density at radius 2 is 1.67 bits per heavy atom. The summed E-state index contributed by atoms with van der Waals surface area (Å²) in [7, 11) is 0. The smallest absolute Gasteiger partial charge is 0.161 e. The number of ether oxygens (including phenoxy) is 3. The molecule has 0 N–H and O–H groups in total. The van der Waals surface area contributed by atoms with Crippen molar-refractivity contribution in [3.05, 3.63) is 59.4 Å². The Kier molecular flexibility index (Phi) is 4.06. The number of halogens is 1. The van der Waals surface area contributed by atoms with E-state index < -0.39 is 0 Å². The lowest BCUT2D eigenvalue weighted by atomic mass is 10.0. The molecule has 0 fully saturated rings. The highest BCUT2D eigenvalue weighted by Crippen LogP contribution is 2.35. The molecule has 2 aromatic rings. The summed E-state index contributed by atoms with van der Waals surface area (Å²) in [5.74, 6) is 1.22. The van der Waals surface area contributed by atoms with Gasteiger partial charge in [0.25, 0.3) is 0 Å². The van der Waals surface area contributed by atoms with Crippen molar-refractivity contribution in [3.63, 3.8) is 0 Å². The Bertz CT molecular complexity index is 610. The predicted molar refractivity (Wildman–Crippen MR) is 77.3 cm³/mol. The largest absolute Gasteiger partial charge is 0.486 e. The van der Waals surface area contributed by atoms with Gasteiger partial charge in [-0.2, -0.15) is 0 Å². The molecule has 0 saturated carbocycles. The molecular weight excluding hydrogens is 271 g/mol. The third-order valence-corrected chi connectivity index (χ3v) is 3.38. The van der Waals surface area contributed by atoms with Crippen molar-refractivity contribution in [3.8, 4) is 11.5 Å². The van der Waals surface area contributed by atoms with E-state index in [1.807, 2.05) is 25.1 Å². The molecule has 1 aliphatic rings. The lowest BCUT2D eigenvalue weighted by Gasteiger charge is -2.22. The average Bonchev–Trinajstić information content (AvgIpc) is 2.53. The van der Waals surface area contributed by atoms with Crippen molar-refractivity contribution in [2.24, 2.45) is 0 Å². The number of hydrogen-bond acceptors (Lipinski definition) is 3. The molecule has 0 saturated heterocycles. The minimum Gasteiger partial charge on any atom is -0.486 e. The summed E-state index contributed by atoms with van der Waals surface area (Å²) in [5.41, 5.74) is 1.88. The van der Waals surface area contributed by atoms with Crippen molar-refractivity contribution < 1.29 is 18.6 Å². The first-order valence-electron chi connectivity index (χ1n) is 7.04. The Morgan fingerprint density at radius 3 is 2.38 bits per heavy atom. The second-order valence-electron chi connectivity index (χ2n) is 4.79. The van der Waals surface area contributed by atoms with Gasteiger partial charge in [0.15, 0.2) is 11.5 Å². The molecule has 0 aromatic heterocycles. The predicted octanol–water partition coefficient (Wildman–Crippen LogP) is 3.72. The van der Waals surface area contributed by atoms with Crippen LogP contribution in [0.15, 0.2) is 42.5 Å². The van der Waals surface area contributed by atoms with Crippen molar-refractivity contribution in [1.82, 2.24) is 0 Å². The van der Waals surface area contributed by atoms with Gasteiger partial charge in [-0.15, -0.1) is 0 Å². The maximum absolute atomic E-state index is 13.1. The zero-order valence-electron chi connectivity index (χ0n) is 11.8. The Balaban J connectivity index is 1.95. The second kappa shape index (κ2) is 6.14. The molecule has 0 amide bonds. The average molecular weight is 288 g/mol. The van der Waals surface area contributed by atoms with E-state index >= 15 is 0 Å². The van der Waals surface area contributed by atoms with Crippen LogP contribution < -0.4 is 9.47 Å². The minimum absolute atomic E-state index is 0.244. The van der Waals surface area contributed by atoms with E-state index in [2.05, 4.69) is 0 Å². The van der Waals surface area contributed by atoms with Crippen LogP contribution in [-0.2, 0) is 4.74 Å². The van der Waals surface area contributed by atoms with E-state index in [4.69, 9.17) is 14.2 Å². The summed E-state index contributed by atoms with van der Waals surface area (Å²) in [5, 5.41) is 0. The molecule has 1 heterocycles. The summed E-state index contributed by atoms with van der Waals surface area (Å²) in [6.07, 6.45) is -0.244. The summed E-state index contributed by atoms with van der Waals surface area (Å²) in [6, 6.07) is 12.1. The number of benzene rings is 2. The van der Waals surface area contributed by atoms with Crippen LogP contribution in [0.5, 0.6) is 11.5 Å². The van der Waals surface area contributed by atoms with Crippen molar-refractivity contribution in [2.45, 2.75) is 13.0 Å². The van der Waals surface area contributed by atoms with Crippen LogP contribution in [0.25, 0.3) is 0 Å². The van der Waals surface area contributed by atoms with Gasteiger partial charge >= 0.3 is 0 Å². The highest BCUT2D eigenvalue weighted by molar-refractivity contribution is 5.46. The van der Waals surface area contributed by atoms with Gasteiger partial charge in [-0.1, -0.05) is 18.2 Å². The van der Waals surface area contributed by atoms with E-state index in [1.165, 1.54) is 12.1 Å². The van der Waals surface area contributed by atoms with E-state index in [0.717, 1.165) is 22.6 Å². The number of rotatable bonds is 4. The molecule has 4 heteroatoms. The van der Waals surface area contributed by atoms with Gasteiger partial charge in [0.2, 0.25) is 0 Å². The molecule has 21 heavy (non-hydrogen) atoms. The standard InChI is InChI=1S/C17H17FO3/c1-2-19-17(12-3-6-14(18)7-4-12)13-5-8-15-16(11-13)21-10-9-20-15/h3-8,11,17H,2,9-10H2,1H3. The van der Waals surface area contributed by atoms with Crippen LogP contribution >= 0.6 is 0 Å². The van der Waals surface area contributed by atoms with E-state index in [-0.39, 0.29) is 11.9 Å². The summed E-state index contributed by atoms with van der Waals surface area (Å²) < 4.78 is 30.0. The van der Waals surface area contributed by atoms with Gasteiger partial charge in [0, 0.05) is 6.61 Å². The van der Waals surface area contributed by atoms with Gasteiger partial charge in [-0.25, -0.2) is 4.39 Å². The van der Waals surface area contributed by atoms with Crippen LogP contribution in [0.3, 0.4) is 0 Å². The molecule has 0 aliphatic carbocycles. The molecule has 3 nitrogen and oxygen atoms in total. The van der Waals surface area contributed by atoms with Gasteiger partial charge in [-0.3, -0.25) is 0 Å². The van der Waals surface area contributed by atoms with Crippen LogP contribution in [0, 0.1) is 5.82 Å². The quantitative estimate of drug-likeness (QED) is 0.858. The van der Waals surface area contributed by atoms with Gasteiger partial charge < -0.3 is 14.2 Å². The van der Waals surface area contributed by atoms with E-state index in [9.17, 15) is 4.39 Å². The molecule has 110 valence electrons. The Hall–Kier alpha value is -2.07. The maximum Gasteiger partial charge on any atom is 0.161 e. The molecule has 0 bridgehead atoms. The van der Waals surface area contributed by atoms with Crippen LogP contribution in [0.4, 0.5) is 4.39 Å². The summed E-state index contributed by atoms with van der Waals surface area (Å²) >= 11 is 0. The van der Waals surface area contributed by atoms with Crippen LogP contribution in [0.1, 0.15) is 24.2 Å². The molecule has 0 spiro atoms. The van der Waals surface area contributed by atoms with E-state index in [0.29, 0.717) is 19.8 Å². The first-order valence-corrected chi connectivity index (χ1v) is 7.04. The molecular formula is C17H17FO3. The maximum atomic E-state index is 13.1. The minimum atomic E-state index is -0.254. The SMILES string of the molecule is CCOC(c1ccc(F)cc1)c1ccc2c(c1)OCCO2. The van der Waals surface area contributed by atoms with Crippen molar-refractivity contribution >= 4 is 0 Å². The fraction of sp³-hybridized carbons (Fsp3) is 0.294. The monoisotopic (exact) mass is 288 g/mol. The van der Waals surface area contributed by atoms with E-state index in [1.54, 1.807) is 12.1 Å². The lowest BCUT2D eigenvalue weighted by molar-refractivity contribution is 0.0906. The first-order chi connectivity index (χ1) is 10.3. The van der Waals surface area contributed by atoms with Crippen molar-refractivity contribution in [1.29, 1.82) is 0 Å². The zero-order valence-corrected chi connectivity index (χ0v) is 11.8. The molecule has 0 radical (unpaired) electrons. The Morgan fingerprint density at radius 1 is 1.00 bits per heavy atom. The molecule has 1 aliphatic heterocycles. The number of fused-ring (bicyclic) bond motifs is 1. The Labute approximate surface area is 123 Å². The first kappa shape index (κ1) is 13.9. The van der Waals surface area contributed by atoms with Crippen molar-refractivity contribution in [2.75, 3.05) is 19.8 Å². The normalized spacial score (nSPS) is 14.8. The summed E-state index contributed by atoms with van der Waals surface area (Å²) in [6.45, 7) is 3.62. The molecule has 1 unspecified atom stereocenters. The van der Waals surface area contributed by atoms with Gasteiger partial charge in [-0.05, 0) is 42.3 Å². The molecule has 2 aromatic carbocycles. The zero-order chi connectivity index (χ0) is 14.7.